The van der Waals surface area contributed by atoms with Gasteiger partial charge in [-0.25, -0.2) is 4.79 Å². The van der Waals surface area contributed by atoms with Gasteiger partial charge >= 0.3 is 5.97 Å². The summed E-state index contributed by atoms with van der Waals surface area (Å²) in [5.74, 6) is -8.11. The predicted molar refractivity (Wildman–Crippen MR) is 128 cm³/mol. The van der Waals surface area contributed by atoms with Crippen LogP contribution in [0.15, 0.2) is 17.7 Å². The van der Waals surface area contributed by atoms with E-state index in [0.29, 0.717) is 11.3 Å². The molecule has 0 spiro atoms. The normalized spacial score (nSPS) is 31.5. The maximum absolute atomic E-state index is 13.9. The molecule has 11 nitrogen and oxygen atoms in total. The number of anilines is 1. The molecule has 1 aromatic carbocycles. The summed E-state index contributed by atoms with van der Waals surface area (Å²) in [6.07, 6.45) is -1.23. The lowest BCUT2D eigenvalue weighted by molar-refractivity contribution is -0.184. The first-order valence-corrected chi connectivity index (χ1v) is 11.6. The first-order chi connectivity index (χ1) is 16.8. The minimum atomic E-state index is -2.68. The summed E-state index contributed by atoms with van der Waals surface area (Å²) in [5.41, 5.74) is 4.00. The summed E-state index contributed by atoms with van der Waals surface area (Å²) in [7, 11) is 8.02. The Kier molecular flexibility index (Phi) is 6.22. The van der Waals surface area contributed by atoms with Gasteiger partial charge in [-0.15, -0.1) is 0 Å². The third-order valence-electron chi connectivity index (χ3n) is 7.86. The SMILES string of the molecule is COC(=O)c1ccc(N(C)C)c2c1C(O)=C1C(=O)[C@]3(O)C(=O)C(C(N)=O)C(O)[C@@H](N(C)C)[C@@H]3C[C@@H]1C2. The van der Waals surface area contributed by atoms with Gasteiger partial charge in [0.2, 0.25) is 11.7 Å². The fraction of sp³-hybridized carbons (Fsp3) is 0.520. The summed E-state index contributed by atoms with van der Waals surface area (Å²) in [5, 5.41) is 34.0. The third-order valence-corrected chi connectivity index (χ3v) is 7.86. The van der Waals surface area contributed by atoms with Crippen LogP contribution in [0.25, 0.3) is 5.76 Å². The van der Waals surface area contributed by atoms with Crippen LogP contribution in [0.3, 0.4) is 0 Å². The Balaban J connectivity index is 1.97. The van der Waals surface area contributed by atoms with Crippen molar-refractivity contribution in [3.8, 4) is 0 Å². The number of amides is 1. The van der Waals surface area contributed by atoms with Crippen molar-refractivity contribution in [1.82, 2.24) is 4.90 Å². The van der Waals surface area contributed by atoms with Crippen molar-refractivity contribution in [2.24, 2.45) is 23.5 Å². The van der Waals surface area contributed by atoms with Gasteiger partial charge < -0.3 is 35.6 Å². The van der Waals surface area contributed by atoms with E-state index in [2.05, 4.69) is 0 Å². The zero-order valence-electron chi connectivity index (χ0n) is 20.8. The number of fused-ring (bicyclic) bond motifs is 3. The third kappa shape index (κ3) is 3.37. The quantitative estimate of drug-likeness (QED) is 0.305. The number of esters is 1. The lowest BCUT2D eigenvalue weighted by Crippen LogP contribution is -2.73. The fourth-order valence-electron chi connectivity index (χ4n) is 6.31. The highest BCUT2D eigenvalue weighted by atomic mass is 16.5. The summed E-state index contributed by atoms with van der Waals surface area (Å²) in [6.45, 7) is 0. The number of methoxy groups -OCH3 is 1. The fourth-order valence-corrected chi connectivity index (χ4v) is 6.31. The van der Waals surface area contributed by atoms with E-state index in [1.54, 1.807) is 39.2 Å². The molecule has 3 aliphatic rings. The van der Waals surface area contributed by atoms with Crippen molar-refractivity contribution in [1.29, 1.82) is 0 Å². The number of hydrogen-bond donors (Lipinski definition) is 4. The summed E-state index contributed by atoms with van der Waals surface area (Å²) in [4.78, 5) is 55.3. The molecular formula is C25H31N3O8. The van der Waals surface area contributed by atoms with Crippen LogP contribution in [0, 0.1) is 17.8 Å². The zero-order valence-corrected chi connectivity index (χ0v) is 20.8. The highest BCUT2D eigenvalue weighted by Gasteiger charge is 2.67. The molecule has 1 aromatic rings. The van der Waals surface area contributed by atoms with E-state index < -0.39 is 64.7 Å². The summed E-state index contributed by atoms with van der Waals surface area (Å²) >= 11 is 0. The second-order valence-corrected chi connectivity index (χ2v) is 10.2. The number of Topliss-reactive ketones (excluding diaryl/α,β-unsaturated/α-hetero) is 2. The molecule has 11 heteroatoms. The Morgan fingerprint density at radius 1 is 1.17 bits per heavy atom. The largest absolute Gasteiger partial charge is 0.507 e. The van der Waals surface area contributed by atoms with E-state index in [0.717, 1.165) is 0 Å². The van der Waals surface area contributed by atoms with Gasteiger partial charge in [0.05, 0.1) is 18.8 Å². The van der Waals surface area contributed by atoms with Crippen molar-refractivity contribution in [3.63, 3.8) is 0 Å². The van der Waals surface area contributed by atoms with Gasteiger partial charge in [-0.05, 0) is 50.6 Å². The van der Waals surface area contributed by atoms with E-state index >= 15 is 0 Å². The maximum atomic E-state index is 13.9. The van der Waals surface area contributed by atoms with Gasteiger partial charge in [0.25, 0.3) is 0 Å². The highest BCUT2D eigenvalue weighted by Crippen LogP contribution is 2.52. The first kappa shape index (κ1) is 25.8. The van der Waals surface area contributed by atoms with Crippen LogP contribution in [-0.2, 0) is 25.5 Å². The van der Waals surface area contributed by atoms with Gasteiger partial charge in [0, 0.05) is 42.9 Å². The summed E-state index contributed by atoms with van der Waals surface area (Å²) < 4.78 is 4.87. The topological polar surface area (TPSA) is 171 Å². The number of nitrogens with two attached hydrogens (primary N) is 1. The lowest BCUT2D eigenvalue weighted by atomic mass is 9.54. The zero-order chi connectivity index (χ0) is 26.9. The molecule has 0 radical (unpaired) electrons. The van der Waals surface area contributed by atoms with Crippen molar-refractivity contribution in [3.05, 3.63) is 34.4 Å². The highest BCUT2D eigenvalue weighted by molar-refractivity contribution is 6.25. The van der Waals surface area contributed by atoms with Crippen LogP contribution in [0.2, 0.25) is 0 Å². The van der Waals surface area contributed by atoms with Crippen molar-refractivity contribution in [2.75, 3.05) is 40.2 Å². The molecule has 0 bridgehead atoms. The number of carbonyl (C=O) groups is 4. The Hall–Kier alpha value is -3.28. The molecule has 4 rings (SSSR count). The van der Waals surface area contributed by atoms with Gasteiger partial charge in [0.1, 0.15) is 11.7 Å². The number of primary amides is 1. The molecular weight excluding hydrogens is 470 g/mol. The first-order valence-electron chi connectivity index (χ1n) is 11.6. The van der Waals surface area contributed by atoms with Crippen molar-refractivity contribution in [2.45, 2.75) is 30.6 Å². The smallest absolute Gasteiger partial charge is 0.338 e. The Morgan fingerprint density at radius 2 is 1.81 bits per heavy atom. The number of hydrogen-bond acceptors (Lipinski definition) is 10. The minimum Gasteiger partial charge on any atom is -0.507 e. The van der Waals surface area contributed by atoms with E-state index in [4.69, 9.17) is 10.5 Å². The van der Waals surface area contributed by atoms with Crippen LogP contribution in [-0.4, -0.2) is 96.7 Å². The molecule has 0 aliphatic heterocycles. The number of likely N-dealkylation sites (N-methyl/N-ethyl adjacent to an activating group) is 1. The average Bonchev–Trinajstić information content (AvgIpc) is 2.79. The van der Waals surface area contributed by atoms with Crippen molar-refractivity contribution >= 4 is 34.9 Å². The lowest BCUT2D eigenvalue weighted by Gasteiger charge is -2.53. The van der Waals surface area contributed by atoms with E-state index in [1.807, 2.05) is 4.90 Å². The Bertz CT molecular complexity index is 1210. The number of ketones is 2. The van der Waals surface area contributed by atoms with Crippen LogP contribution in [0.4, 0.5) is 5.69 Å². The molecule has 2 unspecified atom stereocenters. The second kappa shape index (κ2) is 8.68. The standard InChI is InChI=1S/C25H31N3O8/c1-27(2)14-7-6-11(24(34)36-5)16-12(14)8-10-9-13-18(28(3)4)20(30)17(23(26)33)22(32)25(13,35)21(31)15(10)19(16)29/h6-7,10,13,17-18,20,29-30,35H,8-9H2,1-5H3,(H2,26,33)/t10-,13-,17?,18-,20?,25-/m0/s1. The van der Waals surface area contributed by atoms with Crippen LogP contribution >= 0.6 is 0 Å². The van der Waals surface area contributed by atoms with Gasteiger partial charge in [-0.3, -0.25) is 14.4 Å². The molecule has 2 fully saturated rings. The van der Waals surface area contributed by atoms with E-state index in [-0.39, 0.29) is 29.5 Å². The van der Waals surface area contributed by atoms with Gasteiger partial charge in [-0.2, -0.15) is 0 Å². The number of ether oxygens (including phenoxy) is 1. The number of aliphatic hydroxyl groups excluding tert-OH is 2. The van der Waals surface area contributed by atoms with E-state index in [9.17, 15) is 34.5 Å². The molecule has 1 amide bonds. The summed E-state index contributed by atoms with van der Waals surface area (Å²) in [6, 6.07) is 2.27. The number of benzene rings is 1. The molecule has 194 valence electrons. The predicted octanol–water partition coefficient (Wildman–Crippen LogP) is -0.724. The van der Waals surface area contributed by atoms with Gasteiger partial charge in [0.15, 0.2) is 11.4 Å². The van der Waals surface area contributed by atoms with Crippen molar-refractivity contribution < 1.29 is 39.2 Å². The Labute approximate surface area is 208 Å². The minimum absolute atomic E-state index is 0.0371. The number of carbonyl (C=O) groups excluding carboxylic acids is 4. The molecule has 2 saturated carbocycles. The number of rotatable bonds is 4. The second-order valence-electron chi connectivity index (χ2n) is 10.2. The van der Waals surface area contributed by atoms with Crippen LogP contribution in [0.5, 0.6) is 0 Å². The van der Waals surface area contributed by atoms with Gasteiger partial charge in [-0.1, -0.05) is 0 Å². The molecule has 0 aromatic heterocycles. The molecule has 5 N–H and O–H groups in total. The van der Waals surface area contributed by atoms with Crippen LogP contribution < -0.4 is 10.6 Å². The molecule has 0 saturated heterocycles. The number of aliphatic hydroxyl groups is 3. The molecule has 36 heavy (non-hydrogen) atoms. The van der Waals surface area contributed by atoms with Crippen LogP contribution in [0.1, 0.15) is 27.9 Å². The monoisotopic (exact) mass is 501 g/mol. The molecule has 6 atom stereocenters. The molecule has 3 aliphatic carbocycles. The maximum Gasteiger partial charge on any atom is 0.338 e. The molecule has 0 heterocycles. The van der Waals surface area contributed by atoms with E-state index in [1.165, 1.54) is 13.2 Å². The number of nitrogens with zero attached hydrogens (tertiary/aromatic N) is 2. The average molecular weight is 502 g/mol. The Morgan fingerprint density at radius 3 is 2.33 bits per heavy atom.